The Morgan fingerprint density at radius 1 is 1.40 bits per heavy atom. The first kappa shape index (κ1) is 16.2. The highest BCUT2D eigenvalue weighted by Gasteiger charge is 2.21. The standard InChI is InChI=1S/C14H18N2O3S/c1-4-16(10-12(18)15(2)3)14(19)13-11(6-5-8-17)7-9-20-13/h7,9,17H,4,8,10H2,1-3H3. The topological polar surface area (TPSA) is 60.9 Å². The van der Waals surface area contributed by atoms with E-state index in [0.29, 0.717) is 17.0 Å². The zero-order chi connectivity index (χ0) is 15.1. The molecule has 2 amide bonds. The molecular weight excluding hydrogens is 276 g/mol. The van der Waals surface area contributed by atoms with E-state index >= 15 is 0 Å². The molecule has 1 rings (SSSR count). The number of carbonyl (C=O) groups is 2. The van der Waals surface area contributed by atoms with Crippen LogP contribution < -0.4 is 0 Å². The normalized spacial score (nSPS) is 9.60. The van der Waals surface area contributed by atoms with E-state index in [1.165, 1.54) is 21.1 Å². The molecule has 0 aliphatic carbocycles. The van der Waals surface area contributed by atoms with Crippen molar-refractivity contribution in [1.29, 1.82) is 0 Å². The van der Waals surface area contributed by atoms with Crippen molar-refractivity contribution in [3.8, 4) is 11.8 Å². The van der Waals surface area contributed by atoms with E-state index in [1.807, 2.05) is 6.92 Å². The summed E-state index contributed by atoms with van der Waals surface area (Å²) in [5.41, 5.74) is 0.588. The molecular formula is C14H18N2O3S. The number of aliphatic hydroxyl groups excluding tert-OH is 1. The van der Waals surface area contributed by atoms with Crippen LogP contribution in [0, 0.1) is 11.8 Å². The molecule has 0 saturated heterocycles. The SMILES string of the molecule is CCN(CC(=O)N(C)C)C(=O)c1sccc1C#CCO. The van der Waals surface area contributed by atoms with E-state index in [2.05, 4.69) is 11.8 Å². The lowest BCUT2D eigenvalue weighted by Gasteiger charge is -2.21. The second-order valence-electron chi connectivity index (χ2n) is 4.23. The maximum atomic E-state index is 12.4. The van der Waals surface area contributed by atoms with Crippen molar-refractivity contribution in [1.82, 2.24) is 9.80 Å². The molecule has 5 nitrogen and oxygen atoms in total. The van der Waals surface area contributed by atoms with Gasteiger partial charge in [0.15, 0.2) is 0 Å². The molecule has 6 heteroatoms. The first-order valence-corrected chi connectivity index (χ1v) is 7.05. The monoisotopic (exact) mass is 294 g/mol. The van der Waals surface area contributed by atoms with Crippen LogP contribution >= 0.6 is 11.3 Å². The average Bonchev–Trinajstić information content (AvgIpc) is 2.89. The molecule has 0 unspecified atom stereocenters. The Morgan fingerprint density at radius 2 is 2.10 bits per heavy atom. The lowest BCUT2D eigenvalue weighted by Crippen LogP contribution is -2.40. The minimum atomic E-state index is -0.250. The summed E-state index contributed by atoms with van der Waals surface area (Å²) in [7, 11) is 3.31. The minimum absolute atomic E-state index is 0.0487. The maximum Gasteiger partial charge on any atom is 0.265 e. The van der Waals surface area contributed by atoms with Gasteiger partial charge in [0.1, 0.15) is 18.0 Å². The Morgan fingerprint density at radius 3 is 2.65 bits per heavy atom. The van der Waals surface area contributed by atoms with Crippen molar-refractivity contribution < 1.29 is 14.7 Å². The van der Waals surface area contributed by atoms with Gasteiger partial charge in [-0.3, -0.25) is 9.59 Å². The van der Waals surface area contributed by atoms with Crippen LogP contribution in [0.15, 0.2) is 11.4 Å². The zero-order valence-corrected chi connectivity index (χ0v) is 12.7. The number of likely N-dealkylation sites (N-methyl/N-ethyl adjacent to an activating group) is 2. The number of amides is 2. The van der Waals surface area contributed by atoms with Gasteiger partial charge in [0.25, 0.3) is 5.91 Å². The van der Waals surface area contributed by atoms with Gasteiger partial charge in [-0.05, 0) is 18.4 Å². The van der Waals surface area contributed by atoms with E-state index in [1.54, 1.807) is 25.5 Å². The fraction of sp³-hybridized carbons (Fsp3) is 0.429. The van der Waals surface area contributed by atoms with Crippen molar-refractivity contribution in [2.45, 2.75) is 6.92 Å². The fourth-order valence-electron chi connectivity index (χ4n) is 1.48. The highest BCUT2D eigenvalue weighted by molar-refractivity contribution is 7.12. The molecule has 0 atom stereocenters. The largest absolute Gasteiger partial charge is 0.384 e. The molecule has 0 aliphatic heterocycles. The molecule has 1 heterocycles. The van der Waals surface area contributed by atoms with Crippen LogP contribution in [0.2, 0.25) is 0 Å². The molecule has 0 spiro atoms. The number of hydrogen-bond acceptors (Lipinski definition) is 4. The van der Waals surface area contributed by atoms with E-state index in [9.17, 15) is 9.59 Å². The predicted octanol–water partition coefficient (Wildman–Crippen LogP) is 0.642. The van der Waals surface area contributed by atoms with Crippen LogP contribution in [-0.2, 0) is 4.79 Å². The molecule has 0 bridgehead atoms. The van der Waals surface area contributed by atoms with Gasteiger partial charge in [-0.2, -0.15) is 0 Å². The first-order chi connectivity index (χ1) is 9.51. The summed E-state index contributed by atoms with van der Waals surface area (Å²) >= 11 is 1.29. The second kappa shape index (κ2) is 7.68. The Kier molecular flexibility index (Phi) is 6.22. The Labute approximate surface area is 122 Å². The smallest absolute Gasteiger partial charge is 0.265 e. The Bertz CT molecular complexity index is 540. The van der Waals surface area contributed by atoms with Crippen molar-refractivity contribution in [2.24, 2.45) is 0 Å². The summed E-state index contributed by atoms with van der Waals surface area (Å²) in [6, 6.07) is 1.74. The van der Waals surface area contributed by atoms with Gasteiger partial charge in [0, 0.05) is 26.2 Å². The minimum Gasteiger partial charge on any atom is -0.384 e. The van der Waals surface area contributed by atoms with Crippen LogP contribution in [0.1, 0.15) is 22.2 Å². The second-order valence-corrected chi connectivity index (χ2v) is 5.15. The van der Waals surface area contributed by atoms with Crippen LogP contribution in [-0.4, -0.2) is 60.5 Å². The number of nitrogens with zero attached hydrogens (tertiary/aromatic N) is 2. The van der Waals surface area contributed by atoms with Crippen molar-refractivity contribution >= 4 is 23.2 Å². The Hall–Kier alpha value is -1.84. The first-order valence-electron chi connectivity index (χ1n) is 6.17. The van der Waals surface area contributed by atoms with Crippen LogP contribution in [0.5, 0.6) is 0 Å². The molecule has 1 aromatic heterocycles. The van der Waals surface area contributed by atoms with E-state index in [4.69, 9.17) is 5.11 Å². The lowest BCUT2D eigenvalue weighted by atomic mass is 10.2. The van der Waals surface area contributed by atoms with Gasteiger partial charge in [0.05, 0.1) is 0 Å². The molecule has 108 valence electrons. The predicted molar refractivity (Wildman–Crippen MR) is 78.6 cm³/mol. The summed E-state index contributed by atoms with van der Waals surface area (Å²) in [5.74, 6) is 4.94. The van der Waals surface area contributed by atoms with Crippen molar-refractivity contribution in [3.05, 3.63) is 21.9 Å². The molecule has 1 aromatic rings. The van der Waals surface area contributed by atoms with Crippen LogP contribution in [0.25, 0.3) is 0 Å². The third-order valence-electron chi connectivity index (χ3n) is 2.66. The van der Waals surface area contributed by atoms with Crippen LogP contribution in [0.4, 0.5) is 0 Å². The Balaban J connectivity index is 2.92. The molecule has 0 radical (unpaired) electrons. The highest BCUT2D eigenvalue weighted by Crippen LogP contribution is 2.18. The third-order valence-corrected chi connectivity index (χ3v) is 3.56. The molecule has 0 fully saturated rings. The highest BCUT2D eigenvalue weighted by atomic mass is 32.1. The van der Waals surface area contributed by atoms with Gasteiger partial charge in [-0.25, -0.2) is 0 Å². The summed E-state index contributed by atoms with van der Waals surface area (Å²) < 4.78 is 0. The average molecular weight is 294 g/mol. The van der Waals surface area contributed by atoms with E-state index in [-0.39, 0.29) is 25.0 Å². The van der Waals surface area contributed by atoms with E-state index < -0.39 is 0 Å². The summed E-state index contributed by atoms with van der Waals surface area (Å²) in [5, 5.41) is 10.5. The maximum absolute atomic E-state index is 12.4. The van der Waals surface area contributed by atoms with Gasteiger partial charge in [0.2, 0.25) is 5.91 Å². The molecule has 0 aromatic carbocycles. The van der Waals surface area contributed by atoms with Gasteiger partial charge < -0.3 is 14.9 Å². The third kappa shape index (κ3) is 4.08. The molecule has 0 saturated carbocycles. The molecule has 1 N–H and O–H groups in total. The van der Waals surface area contributed by atoms with Crippen LogP contribution in [0.3, 0.4) is 0 Å². The van der Waals surface area contributed by atoms with Crippen molar-refractivity contribution in [3.63, 3.8) is 0 Å². The van der Waals surface area contributed by atoms with Gasteiger partial charge in [-0.15, -0.1) is 11.3 Å². The number of rotatable bonds is 4. The summed E-state index contributed by atoms with van der Waals surface area (Å²) in [6.45, 7) is 2.07. The number of hydrogen-bond donors (Lipinski definition) is 1. The number of aliphatic hydroxyl groups is 1. The van der Waals surface area contributed by atoms with Gasteiger partial charge in [-0.1, -0.05) is 11.8 Å². The lowest BCUT2D eigenvalue weighted by molar-refractivity contribution is -0.129. The quantitative estimate of drug-likeness (QED) is 0.829. The molecule has 20 heavy (non-hydrogen) atoms. The number of carbonyl (C=O) groups excluding carboxylic acids is 2. The van der Waals surface area contributed by atoms with E-state index in [0.717, 1.165) is 0 Å². The number of thiophene rings is 1. The van der Waals surface area contributed by atoms with Gasteiger partial charge >= 0.3 is 0 Å². The molecule has 0 aliphatic rings. The summed E-state index contributed by atoms with van der Waals surface area (Å²) in [4.78, 5) is 27.6. The fourth-order valence-corrected chi connectivity index (χ4v) is 2.30. The summed E-state index contributed by atoms with van der Waals surface area (Å²) in [6.07, 6.45) is 0. The van der Waals surface area contributed by atoms with Crippen molar-refractivity contribution in [2.75, 3.05) is 33.8 Å². The zero-order valence-electron chi connectivity index (χ0n) is 11.8.